The largest absolute Gasteiger partial charge is 0.502 e. The van der Waals surface area contributed by atoms with Crippen molar-refractivity contribution in [1.82, 2.24) is 9.55 Å². The maximum Gasteiger partial charge on any atom is 0.320 e. The van der Waals surface area contributed by atoms with Crippen molar-refractivity contribution in [1.29, 1.82) is 5.26 Å². The van der Waals surface area contributed by atoms with Gasteiger partial charge in [0.2, 0.25) is 5.75 Å². The van der Waals surface area contributed by atoms with Crippen molar-refractivity contribution in [2.24, 2.45) is 0 Å². The van der Waals surface area contributed by atoms with Gasteiger partial charge in [0.05, 0.1) is 30.8 Å². The molecule has 0 saturated carbocycles. The summed E-state index contributed by atoms with van der Waals surface area (Å²) >= 11 is 0. The molecule has 0 aliphatic rings. The minimum atomic E-state index is -2.87. The number of allylic oxidation sites excluding steroid dienone is 1. The van der Waals surface area contributed by atoms with Gasteiger partial charge < -0.3 is 14.6 Å². The highest BCUT2D eigenvalue weighted by atomic mass is 19.3. The molecule has 0 spiro atoms. The van der Waals surface area contributed by atoms with Crippen molar-refractivity contribution in [3.8, 4) is 23.3 Å². The van der Waals surface area contributed by atoms with E-state index in [4.69, 9.17) is 9.47 Å². The lowest BCUT2D eigenvalue weighted by molar-refractivity contribution is 0.0738. The summed E-state index contributed by atoms with van der Waals surface area (Å²) in [6.45, 7) is -2.87. The van der Waals surface area contributed by atoms with Gasteiger partial charge in [-0.25, -0.2) is 4.98 Å². The van der Waals surface area contributed by atoms with Crippen LogP contribution in [0.1, 0.15) is 17.9 Å². The SMILES string of the molecule is COc1cc(C=C(C#N)c2nc3ccccc3n2C(F)F)cc(OC)c1O. The highest BCUT2D eigenvalue weighted by Crippen LogP contribution is 2.38. The first-order valence-electron chi connectivity index (χ1n) is 7.82. The molecule has 0 aliphatic heterocycles. The zero-order chi connectivity index (χ0) is 19.6. The molecule has 138 valence electrons. The van der Waals surface area contributed by atoms with E-state index in [9.17, 15) is 19.1 Å². The lowest BCUT2D eigenvalue weighted by atomic mass is 10.1. The number of aromatic hydroxyl groups is 1. The van der Waals surface area contributed by atoms with Crippen LogP contribution in [-0.4, -0.2) is 28.9 Å². The number of rotatable bonds is 5. The molecule has 0 bridgehead atoms. The van der Waals surface area contributed by atoms with Crippen LogP contribution in [0.3, 0.4) is 0 Å². The van der Waals surface area contributed by atoms with Gasteiger partial charge in [-0.2, -0.15) is 14.0 Å². The number of nitriles is 1. The predicted molar refractivity (Wildman–Crippen MR) is 95.7 cm³/mol. The van der Waals surface area contributed by atoms with Gasteiger partial charge in [-0.15, -0.1) is 0 Å². The van der Waals surface area contributed by atoms with E-state index in [1.807, 2.05) is 6.07 Å². The number of imidazole rings is 1. The molecule has 2 aromatic carbocycles. The molecule has 27 heavy (non-hydrogen) atoms. The molecule has 0 amide bonds. The van der Waals surface area contributed by atoms with Gasteiger partial charge in [0.15, 0.2) is 17.3 Å². The lowest BCUT2D eigenvalue weighted by Gasteiger charge is -2.10. The van der Waals surface area contributed by atoms with Crippen molar-refractivity contribution in [2.45, 2.75) is 6.55 Å². The van der Waals surface area contributed by atoms with E-state index in [1.54, 1.807) is 18.2 Å². The third-order valence-corrected chi connectivity index (χ3v) is 3.97. The number of phenols is 1. The minimum absolute atomic E-state index is 0.0682. The van der Waals surface area contributed by atoms with E-state index < -0.39 is 6.55 Å². The number of ether oxygens (including phenoxy) is 2. The van der Waals surface area contributed by atoms with E-state index >= 15 is 0 Å². The number of phenolic OH excluding ortho intramolecular Hbond substituents is 1. The maximum absolute atomic E-state index is 13.6. The fraction of sp³-hybridized carbons (Fsp3) is 0.158. The van der Waals surface area contributed by atoms with E-state index in [-0.39, 0.29) is 34.2 Å². The molecule has 0 fully saturated rings. The monoisotopic (exact) mass is 371 g/mol. The average Bonchev–Trinajstić information content (AvgIpc) is 3.06. The van der Waals surface area contributed by atoms with Crippen molar-refractivity contribution in [3.05, 3.63) is 47.8 Å². The molecule has 0 radical (unpaired) electrons. The van der Waals surface area contributed by atoms with E-state index in [1.165, 1.54) is 38.5 Å². The first-order chi connectivity index (χ1) is 13.0. The highest BCUT2D eigenvalue weighted by Gasteiger charge is 2.21. The molecule has 1 heterocycles. The zero-order valence-electron chi connectivity index (χ0n) is 14.5. The lowest BCUT2D eigenvalue weighted by Crippen LogP contribution is -2.03. The van der Waals surface area contributed by atoms with Crippen LogP contribution in [0.15, 0.2) is 36.4 Å². The normalized spacial score (nSPS) is 11.6. The Morgan fingerprint density at radius 2 is 1.85 bits per heavy atom. The summed E-state index contributed by atoms with van der Waals surface area (Å²) in [6.07, 6.45) is 1.38. The zero-order valence-corrected chi connectivity index (χ0v) is 14.5. The summed E-state index contributed by atoms with van der Waals surface area (Å²) in [5.41, 5.74) is 0.937. The second-order valence-corrected chi connectivity index (χ2v) is 5.52. The summed E-state index contributed by atoms with van der Waals surface area (Å²) < 4.78 is 38.1. The summed E-state index contributed by atoms with van der Waals surface area (Å²) in [5.74, 6) is -0.101. The quantitative estimate of drug-likeness (QED) is 0.679. The smallest absolute Gasteiger partial charge is 0.320 e. The number of hydrogen-bond acceptors (Lipinski definition) is 5. The number of hydrogen-bond donors (Lipinski definition) is 1. The molecule has 6 nitrogen and oxygen atoms in total. The first-order valence-corrected chi connectivity index (χ1v) is 7.82. The van der Waals surface area contributed by atoms with Crippen LogP contribution in [0.5, 0.6) is 17.2 Å². The van der Waals surface area contributed by atoms with Crippen LogP contribution >= 0.6 is 0 Å². The van der Waals surface area contributed by atoms with E-state index in [0.717, 1.165) is 0 Å². The Labute approximate surface area is 153 Å². The van der Waals surface area contributed by atoms with Gasteiger partial charge in [-0.05, 0) is 35.9 Å². The first kappa shape index (κ1) is 18.2. The Hall–Kier alpha value is -3.60. The van der Waals surface area contributed by atoms with Gasteiger partial charge in [-0.3, -0.25) is 4.57 Å². The van der Waals surface area contributed by atoms with Gasteiger partial charge in [0, 0.05) is 0 Å². The van der Waals surface area contributed by atoms with Crippen LogP contribution in [-0.2, 0) is 0 Å². The highest BCUT2D eigenvalue weighted by molar-refractivity contribution is 5.91. The van der Waals surface area contributed by atoms with Crippen molar-refractivity contribution in [3.63, 3.8) is 0 Å². The standard InChI is InChI=1S/C19H15F2N3O3/c1-26-15-8-11(9-16(27-2)17(15)25)7-12(10-22)18-23-13-5-3-4-6-14(13)24(18)19(20)21/h3-9,19,25H,1-2H3. The summed E-state index contributed by atoms with van der Waals surface area (Å²) in [4.78, 5) is 4.18. The van der Waals surface area contributed by atoms with Crippen molar-refractivity contribution in [2.75, 3.05) is 14.2 Å². The Bertz CT molecular complexity index is 1040. The number of fused-ring (bicyclic) bond motifs is 1. The molecule has 3 aromatic rings. The average molecular weight is 371 g/mol. The van der Waals surface area contributed by atoms with E-state index in [0.29, 0.717) is 15.6 Å². The Morgan fingerprint density at radius 3 is 2.41 bits per heavy atom. The fourth-order valence-electron chi connectivity index (χ4n) is 2.74. The number of alkyl halides is 2. The number of benzene rings is 2. The molecule has 1 aromatic heterocycles. The van der Waals surface area contributed by atoms with Crippen LogP contribution < -0.4 is 9.47 Å². The molecule has 1 N–H and O–H groups in total. The molecular weight excluding hydrogens is 356 g/mol. The minimum Gasteiger partial charge on any atom is -0.502 e. The molecule has 0 aliphatic carbocycles. The molecule has 8 heteroatoms. The topological polar surface area (TPSA) is 80.3 Å². The number of halogens is 2. The van der Waals surface area contributed by atoms with Gasteiger partial charge in [0.25, 0.3) is 0 Å². The summed E-state index contributed by atoms with van der Waals surface area (Å²) in [6, 6.07) is 11.3. The van der Waals surface area contributed by atoms with E-state index in [2.05, 4.69) is 4.98 Å². The Balaban J connectivity index is 2.21. The second-order valence-electron chi connectivity index (χ2n) is 5.52. The van der Waals surface area contributed by atoms with Crippen LogP contribution in [0, 0.1) is 11.3 Å². The molecular formula is C19H15F2N3O3. The van der Waals surface area contributed by atoms with Crippen molar-refractivity contribution >= 4 is 22.7 Å². The second kappa shape index (κ2) is 7.33. The van der Waals surface area contributed by atoms with Gasteiger partial charge in [-0.1, -0.05) is 12.1 Å². The number of aromatic nitrogens is 2. The van der Waals surface area contributed by atoms with Gasteiger partial charge in [0.1, 0.15) is 6.07 Å². The van der Waals surface area contributed by atoms with Crippen LogP contribution in [0.2, 0.25) is 0 Å². The molecule has 3 rings (SSSR count). The fourth-order valence-corrected chi connectivity index (χ4v) is 2.74. The maximum atomic E-state index is 13.6. The summed E-state index contributed by atoms with van der Waals surface area (Å²) in [7, 11) is 2.73. The third kappa shape index (κ3) is 3.27. The van der Waals surface area contributed by atoms with Crippen LogP contribution in [0.4, 0.5) is 8.78 Å². The van der Waals surface area contributed by atoms with Crippen LogP contribution in [0.25, 0.3) is 22.7 Å². The third-order valence-electron chi connectivity index (χ3n) is 3.97. The number of methoxy groups -OCH3 is 2. The molecule has 0 atom stereocenters. The molecule has 0 saturated heterocycles. The van der Waals surface area contributed by atoms with Gasteiger partial charge >= 0.3 is 6.55 Å². The Kier molecular flexibility index (Phi) is 4.94. The Morgan fingerprint density at radius 1 is 1.22 bits per heavy atom. The summed E-state index contributed by atoms with van der Waals surface area (Å²) in [5, 5.41) is 19.5. The predicted octanol–water partition coefficient (Wildman–Crippen LogP) is 4.22. The molecule has 0 unspecified atom stereocenters. The van der Waals surface area contributed by atoms with Crippen molar-refractivity contribution < 1.29 is 23.4 Å². The number of nitrogens with zero attached hydrogens (tertiary/aromatic N) is 3. The number of para-hydroxylation sites is 2.